The fraction of sp³-hybridized carbons (Fsp3) is 0.560. The van der Waals surface area contributed by atoms with Gasteiger partial charge in [-0.3, -0.25) is 9.59 Å². The third kappa shape index (κ3) is 5.55. The first-order valence-electron chi connectivity index (χ1n) is 11.7. The fourth-order valence-corrected chi connectivity index (χ4v) is 5.57. The second kappa shape index (κ2) is 10.7. The third-order valence-electron chi connectivity index (χ3n) is 6.78. The number of hydrogen-bond donors (Lipinski definition) is 0. The topological polar surface area (TPSA) is 72.0 Å². The van der Waals surface area contributed by atoms with Crippen molar-refractivity contribution in [2.75, 3.05) is 40.0 Å². The Bertz CT molecular complexity index is 984. The Kier molecular flexibility index (Phi) is 7.65. The molecule has 2 saturated heterocycles. The summed E-state index contributed by atoms with van der Waals surface area (Å²) >= 11 is 1.56. The van der Waals surface area contributed by atoms with Crippen LogP contribution in [0.25, 0.3) is 0 Å². The summed E-state index contributed by atoms with van der Waals surface area (Å²) in [5, 5.41) is 2.88. The molecule has 33 heavy (non-hydrogen) atoms. The van der Waals surface area contributed by atoms with Crippen LogP contribution in [0.4, 0.5) is 0 Å². The van der Waals surface area contributed by atoms with Gasteiger partial charge in [-0.15, -0.1) is 11.3 Å². The SMILES string of the molecule is COCC1CCCN1C(=O)c1csc(C2CCN(C(=O)COc3ccc(C)c(C)c3)CC2)n1. The van der Waals surface area contributed by atoms with Gasteiger partial charge in [0.15, 0.2) is 6.61 Å². The standard InChI is InChI=1S/C25H33N3O4S/c1-17-6-7-21(13-18(17)2)32-15-23(29)27-11-8-19(9-12-27)24-26-22(16-33-24)25(30)28-10-4-5-20(28)14-31-3/h6-7,13,16,19-20H,4-5,8-12,14-15H2,1-3H3. The summed E-state index contributed by atoms with van der Waals surface area (Å²) in [4.78, 5) is 34.0. The van der Waals surface area contributed by atoms with Crippen molar-refractivity contribution in [1.29, 1.82) is 0 Å². The van der Waals surface area contributed by atoms with Crippen molar-refractivity contribution in [2.45, 2.75) is 51.5 Å². The van der Waals surface area contributed by atoms with Crippen LogP contribution in [0.3, 0.4) is 0 Å². The molecule has 0 spiro atoms. The summed E-state index contributed by atoms with van der Waals surface area (Å²) in [6.07, 6.45) is 3.70. The van der Waals surface area contributed by atoms with Gasteiger partial charge in [-0.2, -0.15) is 0 Å². The molecule has 7 nitrogen and oxygen atoms in total. The quantitative estimate of drug-likeness (QED) is 0.614. The first-order valence-corrected chi connectivity index (χ1v) is 12.6. The molecule has 2 aliphatic heterocycles. The summed E-state index contributed by atoms with van der Waals surface area (Å²) in [5.41, 5.74) is 2.90. The van der Waals surface area contributed by atoms with Crippen molar-refractivity contribution in [3.63, 3.8) is 0 Å². The van der Waals surface area contributed by atoms with Crippen molar-refractivity contribution in [2.24, 2.45) is 0 Å². The maximum atomic E-state index is 12.9. The second-order valence-electron chi connectivity index (χ2n) is 9.01. The first kappa shape index (κ1) is 23.7. The van der Waals surface area contributed by atoms with Gasteiger partial charge in [-0.05, 0) is 62.8 Å². The second-order valence-corrected chi connectivity index (χ2v) is 9.90. The Hall–Kier alpha value is -2.45. The molecule has 0 aliphatic carbocycles. The van der Waals surface area contributed by atoms with Crippen molar-refractivity contribution >= 4 is 23.2 Å². The molecule has 4 rings (SSSR count). The molecule has 0 bridgehead atoms. The predicted molar refractivity (Wildman–Crippen MR) is 128 cm³/mol. The lowest BCUT2D eigenvalue weighted by Gasteiger charge is -2.31. The molecule has 0 N–H and O–H groups in total. The van der Waals surface area contributed by atoms with E-state index in [0.717, 1.165) is 48.5 Å². The molecule has 1 aromatic heterocycles. The number of aryl methyl sites for hydroxylation is 2. The number of aromatic nitrogens is 1. The number of carbonyl (C=O) groups is 2. The largest absolute Gasteiger partial charge is 0.484 e. The number of amides is 2. The van der Waals surface area contributed by atoms with Crippen LogP contribution in [-0.2, 0) is 9.53 Å². The van der Waals surface area contributed by atoms with E-state index in [2.05, 4.69) is 6.92 Å². The van der Waals surface area contributed by atoms with E-state index in [0.29, 0.717) is 25.4 Å². The number of piperidine rings is 1. The molecule has 0 saturated carbocycles. The van der Waals surface area contributed by atoms with E-state index >= 15 is 0 Å². The molecule has 178 valence electrons. The lowest BCUT2D eigenvalue weighted by atomic mass is 9.97. The molecule has 1 aromatic carbocycles. The van der Waals surface area contributed by atoms with Gasteiger partial charge in [0.25, 0.3) is 11.8 Å². The Morgan fingerprint density at radius 1 is 1.12 bits per heavy atom. The number of hydrogen-bond acceptors (Lipinski definition) is 6. The van der Waals surface area contributed by atoms with Gasteiger partial charge in [0.05, 0.1) is 17.7 Å². The number of thiazole rings is 1. The molecule has 3 heterocycles. The van der Waals surface area contributed by atoms with Crippen LogP contribution < -0.4 is 4.74 Å². The predicted octanol–water partition coefficient (Wildman–Crippen LogP) is 3.80. The highest BCUT2D eigenvalue weighted by atomic mass is 32.1. The highest BCUT2D eigenvalue weighted by Crippen LogP contribution is 2.31. The van der Waals surface area contributed by atoms with E-state index in [1.165, 1.54) is 5.56 Å². The zero-order valence-electron chi connectivity index (χ0n) is 19.7. The third-order valence-corrected chi connectivity index (χ3v) is 7.78. The van der Waals surface area contributed by atoms with E-state index in [9.17, 15) is 9.59 Å². The maximum Gasteiger partial charge on any atom is 0.273 e. The van der Waals surface area contributed by atoms with Crippen molar-refractivity contribution < 1.29 is 19.1 Å². The average molecular weight is 472 g/mol. The monoisotopic (exact) mass is 471 g/mol. The number of nitrogens with zero attached hydrogens (tertiary/aromatic N) is 3. The van der Waals surface area contributed by atoms with Crippen LogP contribution in [0, 0.1) is 13.8 Å². The highest BCUT2D eigenvalue weighted by Gasteiger charge is 2.32. The number of rotatable bonds is 7. The minimum Gasteiger partial charge on any atom is -0.484 e. The summed E-state index contributed by atoms with van der Waals surface area (Å²) in [6, 6.07) is 6.03. The molecule has 2 aliphatic rings. The summed E-state index contributed by atoms with van der Waals surface area (Å²) in [5.74, 6) is 1.04. The smallest absolute Gasteiger partial charge is 0.273 e. The number of methoxy groups -OCH3 is 1. The minimum absolute atomic E-state index is 0.00755. The molecule has 2 amide bonds. The molecule has 0 radical (unpaired) electrons. The summed E-state index contributed by atoms with van der Waals surface area (Å²) in [6.45, 7) is 6.86. The van der Waals surface area contributed by atoms with Crippen molar-refractivity contribution in [3.8, 4) is 5.75 Å². The van der Waals surface area contributed by atoms with E-state index in [-0.39, 0.29) is 30.4 Å². The van der Waals surface area contributed by atoms with Crippen LogP contribution >= 0.6 is 11.3 Å². The number of carbonyl (C=O) groups excluding carboxylic acids is 2. The summed E-state index contributed by atoms with van der Waals surface area (Å²) in [7, 11) is 1.68. The molecule has 2 aromatic rings. The van der Waals surface area contributed by atoms with Gasteiger partial charge < -0.3 is 19.3 Å². The first-order chi connectivity index (χ1) is 16.0. The molecule has 1 unspecified atom stereocenters. The molecular weight excluding hydrogens is 438 g/mol. The molecule has 8 heteroatoms. The fourth-order valence-electron chi connectivity index (χ4n) is 4.61. The van der Waals surface area contributed by atoms with Gasteiger partial charge in [0.2, 0.25) is 0 Å². The van der Waals surface area contributed by atoms with Crippen LogP contribution in [0.2, 0.25) is 0 Å². The lowest BCUT2D eigenvalue weighted by Crippen LogP contribution is -2.40. The highest BCUT2D eigenvalue weighted by molar-refractivity contribution is 7.09. The van der Waals surface area contributed by atoms with E-state index < -0.39 is 0 Å². The van der Waals surface area contributed by atoms with E-state index in [1.807, 2.05) is 40.3 Å². The van der Waals surface area contributed by atoms with E-state index in [1.54, 1.807) is 18.4 Å². The number of ether oxygens (including phenoxy) is 2. The van der Waals surface area contributed by atoms with Crippen molar-refractivity contribution in [3.05, 3.63) is 45.4 Å². The number of likely N-dealkylation sites (tertiary alicyclic amines) is 2. The Labute approximate surface area is 199 Å². The average Bonchev–Trinajstić information content (AvgIpc) is 3.50. The molecule has 1 atom stereocenters. The normalized spacial score (nSPS) is 19.2. The van der Waals surface area contributed by atoms with Gasteiger partial charge in [-0.1, -0.05) is 6.07 Å². The van der Waals surface area contributed by atoms with Gasteiger partial charge in [-0.25, -0.2) is 4.98 Å². The Morgan fingerprint density at radius 3 is 2.64 bits per heavy atom. The van der Waals surface area contributed by atoms with Gasteiger partial charge >= 0.3 is 0 Å². The van der Waals surface area contributed by atoms with Crippen LogP contribution in [0.1, 0.15) is 58.2 Å². The number of benzene rings is 1. The molecule has 2 fully saturated rings. The minimum atomic E-state index is 0.00755. The zero-order valence-corrected chi connectivity index (χ0v) is 20.5. The van der Waals surface area contributed by atoms with Crippen molar-refractivity contribution in [1.82, 2.24) is 14.8 Å². The van der Waals surface area contributed by atoms with E-state index in [4.69, 9.17) is 14.5 Å². The lowest BCUT2D eigenvalue weighted by molar-refractivity contribution is -0.134. The maximum absolute atomic E-state index is 12.9. The zero-order chi connectivity index (χ0) is 23.4. The van der Waals surface area contributed by atoms with Crippen LogP contribution in [-0.4, -0.2) is 72.6 Å². The molecular formula is C25H33N3O4S. The summed E-state index contributed by atoms with van der Waals surface area (Å²) < 4.78 is 11.0. The Morgan fingerprint density at radius 2 is 1.91 bits per heavy atom. The van der Waals surface area contributed by atoms with Gasteiger partial charge in [0, 0.05) is 38.0 Å². The Balaban J connectivity index is 1.27. The van der Waals surface area contributed by atoms with Crippen LogP contribution in [0.15, 0.2) is 23.6 Å². The van der Waals surface area contributed by atoms with Crippen LogP contribution in [0.5, 0.6) is 5.75 Å². The van der Waals surface area contributed by atoms with Gasteiger partial charge in [0.1, 0.15) is 11.4 Å².